The maximum atomic E-state index is 13.0. The van der Waals surface area contributed by atoms with E-state index in [0.29, 0.717) is 42.8 Å². The summed E-state index contributed by atoms with van der Waals surface area (Å²) < 4.78 is 4.00. The number of aromatic nitrogens is 6. The molecule has 1 fully saturated rings. The number of hydrogen-bond donors (Lipinski definition) is 2. The molecule has 0 unspecified atom stereocenters. The normalized spacial score (nSPS) is 21.2. The van der Waals surface area contributed by atoms with Crippen molar-refractivity contribution in [3.8, 4) is 0 Å². The number of piperidine rings is 1. The maximum absolute atomic E-state index is 13.0. The maximum Gasteiger partial charge on any atom is 0.223 e. The third kappa shape index (κ3) is 3.70. The SMILES string of the molecule is CCn1c(CCC(=O)N2CC[C@H](n3cnc4c(N)ncnc43)[C@@](C)(O)C2)nc2ccccc21. The zero-order chi connectivity index (χ0) is 23.2. The number of amides is 1. The fraction of sp³-hybridized carbons (Fsp3) is 0.435. The molecule has 1 aliphatic heterocycles. The van der Waals surface area contributed by atoms with Crippen molar-refractivity contribution in [1.29, 1.82) is 0 Å². The number of fused-ring (bicyclic) bond motifs is 2. The van der Waals surface area contributed by atoms with E-state index in [1.165, 1.54) is 6.33 Å². The van der Waals surface area contributed by atoms with E-state index < -0.39 is 5.60 Å². The van der Waals surface area contributed by atoms with Gasteiger partial charge >= 0.3 is 0 Å². The monoisotopic (exact) mass is 448 g/mol. The van der Waals surface area contributed by atoms with Gasteiger partial charge in [-0.2, -0.15) is 0 Å². The highest BCUT2D eigenvalue weighted by molar-refractivity contribution is 5.81. The number of nitrogens with zero attached hydrogens (tertiary/aromatic N) is 7. The number of rotatable bonds is 5. The predicted octanol–water partition coefficient (Wildman–Crippen LogP) is 1.94. The number of carbonyl (C=O) groups excluding carboxylic acids is 1. The summed E-state index contributed by atoms with van der Waals surface area (Å²) in [5.41, 5.74) is 7.91. The number of likely N-dealkylation sites (tertiary alicyclic amines) is 1. The minimum absolute atomic E-state index is 0.0190. The zero-order valence-electron chi connectivity index (χ0n) is 18.8. The van der Waals surface area contributed by atoms with Gasteiger partial charge in [-0.3, -0.25) is 4.79 Å². The predicted molar refractivity (Wildman–Crippen MR) is 124 cm³/mol. The second-order valence-electron chi connectivity index (χ2n) is 8.82. The number of aryl methyl sites for hydroxylation is 2. The van der Waals surface area contributed by atoms with E-state index in [-0.39, 0.29) is 18.5 Å². The lowest BCUT2D eigenvalue weighted by Gasteiger charge is -2.43. The van der Waals surface area contributed by atoms with Crippen molar-refractivity contribution in [1.82, 2.24) is 34.0 Å². The third-order valence-corrected chi connectivity index (χ3v) is 6.59. The molecule has 1 saturated heterocycles. The van der Waals surface area contributed by atoms with E-state index in [2.05, 4.69) is 32.5 Å². The van der Waals surface area contributed by atoms with E-state index in [4.69, 9.17) is 10.7 Å². The first kappa shape index (κ1) is 21.3. The summed E-state index contributed by atoms with van der Waals surface area (Å²) in [6.45, 7) is 5.42. The molecule has 0 saturated carbocycles. The first-order valence-corrected chi connectivity index (χ1v) is 11.3. The molecule has 0 spiro atoms. The molecule has 3 aromatic heterocycles. The van der Waals surface area contributed by atoms with Crippen LogP contribution in [-0.2, 0) is 17.8 Å². The first-order valence-electron chi connectivity index (χ1n) is 11.3. The molecular formula is C23H28N8O2. The molecular weight excluding hydrogens is 420 g/mol. The van der Waals surface area contributed by atoms with E-state index in [9.17, 15) is 9.90 Å². The van der Waals surface area contributed by atoms with E-state index in [0.717, 1.165) is 23.4 Å². The van der Waals surface area contributed by atoms with Crippen LogP contribution in [0.25, 0.3) is 22.2 Å². The number of nitrogens with two attached hydrogens (primary N) is 1. The molecule has 2 atom stereocenters. The van der Waals surface area contributed by atoms with Crippen LogP contribution >= 0.6 is 0 Å². The van der Waals surface area contributed by atoms with Crippen molar-refractivity contribution in [2.24, 2.45) is 0 Å². The smallest absolute Gasteiger partial charge is 0.223 e. The molecule has 4 aromatic rings. The van der Waals surface area contributed by atoms with Gasteiger partial charge in [-0.15, -0.1) is 0 Å². The number of imidazole rings is 2. The van der Waals surface area contributed by atoms with Crippen molar-refractivity contribution in [2.75, 3.05) is 18.8 Å². The van der Waals surface area contributed by atoms with Gasteiger partial charge in [0, 0.05) is 25.9 Å². The van der Waals surface area contributed by atoms with Crippen LogP contribution in [0.15, 0.2) is 36.9 Å². The van der Waals surface area contributed by atoms with Gasteiger partial charge in [-0.25, -0.2) is 19.9 Å². The van der Waals surface area contributed by atoms with Gasteiger partial charge in [-0.05, 0) is 32.4 Å². The highest BCUT2D eigenvalue weighted by atomic mass is 16.3. The topological polar surface area (TPSA) is 128 Å². The lowest BCUT2D eigenvalue weighted by Crippen LogP contribution is -2.54. The van der Waals surface area contributed by atoms with Gasteiger partial charge < -0.3 is 24.9 Å². The summed E-state index contributed by atoms with van der Waals surface area (Å²) in [6, 6.07) is 7.75. The Balaban J connectivity index is 1.29. The van der Waals surface area contributed by atoms with Crippen molar-refractivity contribution >= 4 is 33.9 Å². The number of anilines is 1. The number of nitrogen functional groups attached to an aromatic ring is 1. The molecule has 0 aliphatic carbocycles. The van der Waals surface area contributed by atoms with Gasteiger partial charge in [0.2, 0.25) is 5.91 Å². The molecule has 4 heterocycles. The Bertz CT molecular complexity index is 1320. The fourth-order valence-corrected chi connectivity index (χ4v) is 4.96. The Morgan fingerprint density at radius 3 is 2.88 bits per heavy atom. The standard InChI is InChI=1S/C23H28N8O2/c1-3-30-16-7-5-4-6-15(16)28-18(30)8-9-19(32)29-11-10-17(23(2,33)12-29)31-14-27-20-21(24)25-13-26-22(20)31/h4-7,13-14,17,33H,3,8-12H2,1-2H3,(H2,24,25,26)/t17-,23-/m0/s1. The van der Waals surface area contributed by atoms with Crippen LogP contribution < -0.4 is 5.73 Å². The van der Waals surface area contributed by atoms with E-state index in [1.807, 2.05) is 22.8 Å². The number of β-amino-alcohol motifs (C(OH)–C–C–N with tert-alkyl or cyclic N) is 1. The Hall–Kier alpha value is -3.53. The number of benzene rings is 1. The quantitative estimate of drug-likeness (QED) is 0.477. The highest BCUT2D eigenvalue weighted by Gasteiger charge is 2.41. The zero-order valence-corrected chi connectivity index (χ0v) is 18.8. The van der Waals surface area contributed by atoms with Crippen molar-refractivity contribution in [3.05, 3.63) is 42.7 Å². The van der Waals surface area contributed by atoms with Crippen molar-refractivity contribution < 1.29 is 9.90 Å². The highest BCUT2D eigenvalue weighted by Crippen LogP contribution is 2.34. The van der Waals surface area contributed by atoms with Crippen LogP contribution in [0.4, 0.5) is 5.82 Å². The summed E-state index contributed by atoms with van der Waals surface area (Å²) in [5.74, 6) is 1.24. The van der Waals surface area contributed by atoms with E-state index in [1.54, 1.807) is 18.2 Å². The molecule has 1 amide bonds. The Kier molecular flexibility index (Phi) is 5.24. The largest absolute Gasteiger partial charge is 0.386 e. The van der Waals surface area contributed by atoms with Crippen molar-refractivity contribution in [3.63, 3.8) is 0 Å². The third-order valence-electron chi connectivity index (χ3n) is 6.59. The average Bonchev–Trinajstić information content (AvgIpc) is 3.38. The summed E-state index contributed by atoms with van der Waals surface area (Å²) in [4.78, 5) is 32.1. The first-order chi connectivity index (χ1) is 15.9. The minimum Gasteiger partial charge on any atom is -0.386 e. The van der Waals surface area contributed by atoms with Gasteiger partial charge in [0.15, 0.2) is 11.5 Å². The van der Waals surface area contributed by atoms with Crippen LogP contribution in [0.5, 0.6) is 0 Å². The second kappa shape index (κ2) is 8.11. The number of para-hydroxylation sites is 2. The van der Waals surface area contributed by atoms with Gasteiger partial charge in [0.25, 0.3) is 0 Å². The van der Waals surface area contributed by atoms with Gasteiger partial charge in [0.1, 0.15) is 23.3 Å². The molecule has 10 nitrogen and oxygen atoms in total. The van der Waals surface area contributed by atoms with Crippen LogP contribution in [0, 0.1) is 0 Å². The van der Waals surface area contributed by atoms with E-state index >= 15 is 0 Å². The number of aliphatic hydroxyl groups is 1. The lowest BCUT2D eigenvalue weighted by atomic mass is 9.88. The summed E-state index contributed by atoms with van der Waals surface area (Å²) in [7, 11) is 0. The summed E-state index contributed by atoms with van der Waals surface area (Å²) in [5, 5.41) is 11.3. The Labute approximate surface area is 191 Å². The molecule has 0 radical (unpaired) electrons. The molecule has 3 N–H and O–H groups in total. The van der Waals surface area contributed by atoms with Crippen LogP contribution in [0.1, 0.15) is 38.6 Å². The minimum atomic E-state index is -1.14. The fourth-order valence-electron chi connectivity index (χ4n) is 4.96. The molecule has 172 valence electrons. The van der Waals surface area contributed by atoms with Crippen LogP contribution in [0.3, 0.4) is 0 Å². The van der Waals surface area contributed by atoms with Gasteiger partial charge in [-0.1, -0.05) is 12.1 Å². The van der Waals surface area contributed by atoms with Crippen molar-refractivity contribution in [2.45, 2.75) is 51.3 Å². The Morgan fingerprint density at radius 1 is 1.27 bits per heavy atom. The molecule has 5 rings (SSSR count). The molecule has 33 heavy (non-hydrogen) atoms. The molecule has 10 heteroatoms. The molecule has 1 aromatic carbocycles. The molecule has 1 aliphatic rings. The van der Waals surface area contributed by atoms with Gasteiger partial charge in [0.05, 0.1) is 29.9 Å². The summed E-state index contributed by atoms with van der Waals surface area (Å²) >= 11 is 0. The lowest BCUT2D eigenvalue weighted by molar-refractivity contribution is -0.140. The average molecular weight is 449 g/mol. The molecule has 0 bridgehead atoms. The Morgan fingerprint density at radius 2 is 2.09 bits per heavy atom. The number of hydrogen-bond acceptors (Lipinski definition) is 7. The second-order valence-corrected chi connectivity index (χ2v) is 8.82. The number of carbonyl (C=O) groups is 1. The van der Waals surface area contributed by atoms with Crippen LogP contribution in [0.2, 0.25) is 0 Å². The van der Waals surface area contributed by atoms with Crippen LogP contribution in [-0.4, -0.2) is 63.7 Å². The summed E-state index contributed by atoms with van der Waals surface area (Å²) in [6.07, 6.45) is 4.53.